The van der Waals surface area contributed by atoms with E-state index in [2.05, 4.69) is 14.9 Å². The standard InChI is InChI=1S/C20H22N4O2S2/c1-23(17-9-13-24(14-10-17)18-7-11-21-12-8-18)28(25,26)19-15-22-20(27-19)16-5-3-2-4-6-16/h2-8,11-12,15,17H,9-10,13-14H2,1H3. The number of anilines is 1. The van der Waals surface area contributed by atoms with E-state index in [-0.39, 0.29) is 6.04 Å². The zero-order chi connectivity index (χ0) is 19.6. The molecule has 1 aliphatic heterocycles. The average Bonchev–Trinajstić information content (AvgIpc) is 3.26. The average molecular weight is 415 g/mol. The van der Waals surface area contributed by atoms with E-state index < -0.39 is 10.0 Å². The number of aromatic nitrogens is 2. The highest BCUT2D eigenvalue weighted by molar-refractivity contribution is 7.91. The Kier molecular flexibility index (Phi) is 5.43. The summed E-state index contributed by atoms with van der Waals surface area (Å²) in [5.74, 6) is 0. The zero-order valence-corrected chi connectivity index (χ0v) is 17.2. The third kappa shape index (κ3) is 3.80. The Labute approximate surface area is 169 Å². The van der Waals surface area contributed by atoms with Crippen LogP contribution in [0.3, 0.4) is 0 Å². The van der Waals surface area contributed by atoms with Crippen LogP contribution in [-0.4, -0.2) is 48.9 Å². The maximum absolute atomic E-state index is 13.1. The van der Waals surface area contributed by atoms with Crippen LogP contribution in [0.5, 0.6) is 0 Å². The Morgan fingerprint density at radius 2 is 1.75 bits per heavy atom. The number of thiazole rings is 1. The van der Waals surface area contributed by atoms with Crippen LogP contribution in [0.25, 0.3) is 10.6 Å². The molecule has 0 atom stereocenters. The van der Waals surface area contributed by atoms with Crippen molar-refractivity contribution < 1.29 is 8.42 Å². The number of hydrogen-bond acceptors (Lipinski definition) is 6. The maximum Gasteiger partial charge on any atom is 0.254 e. The lowest BCUT2D eigenvalue weighted by Gasteiger charge is -2.37. The number of rotatable bonds is 5. The number of hydrogen-bond donors (Lipinski definition) is 0. The SMILES string of the molecule is CN(C1CCN(c2ccncc2)CC1)S(=O)(=O)c1cnc(-c2ccccc2)s1. The van der Waals surface area contributed by atoms with Crippen molar-refractivity contribution in [3.8, 4) is 10.6 Å². The fraction of sp³-hybridized carbons (Fsp3) is 0.300. The molecule has 1 saturated heterocycles. The molecule has 1 fully saturated rings. The summed E-state index contributed by atoms with van der Waals surface area (Å²) in [6, 6.07) is 13.6. The molecule has 0 saturated carbocycles. The van der Waals surface area contributed by atoms with Gasteiger partial charge in [0.05, 0.1) is 6.20 Å². The van der Waals surface area contributed by atoms with Crippen molar-refractivity contribution in [2.45, 2.75) is 23.1 Å². The molecule has 0 unspecified atom stereocenters. The Bertz CT molecular complexity index is 1010. The van der Waals surface area contributed by atoms with Crippen molar-refractivity contribution in [3.63, 3.8) is 0 Å². The highest BCUT2D eigenvalue weighted by Gasteiger charge is 2.32. The summed E-state index contributed by atoms with van der Waals surface area (Å²) in [6.07, 6.45) is 6.63. The van der Waals surface area contributed by atoms with Crippen LogP contribution in [0, 0.1) is 0 Å². The predicted octanol–water partition coefficient (Wildman–Crippen LogP) is 3.49. The monoisotopic (exact) mass is 414 g/mol. The molecule has 2 aromatic heterocycles. The van der Waals surface area contributed by atoms with Crippen molar-refractivity contribution in [2.24, 2.45) is 0 Å². The second-order valence-electron chi connectivity index (χ2n) is 6.80. The van der Waals surface area contributed by atoms with E-state index in [4.69, 9.17) is 0 Å². The van der Waals surface area contributed by atoms with Crippen molar-refractivity contribution in [3.05, 3.63) is 61.1 Å². The molecule has 8 heteroatoms. The molecule has 4 rings (SSSR count). The summed E-state index contributed by atoms with van der Waals surface area (Å²) in [7, 11) is -1.86. The molecule has 28 heavy (non-hydrogen) atoms. The third-order valence-corrected chi connectivity index (χ3v) is 8.54. The summed E-state index contributed by atoms with van der Waals surface area (Å²) in [6.45, 7) is 1.65. The number of sulfonamides is 1. The van der Waals surface area contributed by atoms with Gasteiger partial charge in [-0.2, -0.15) is 4.31 Å². The summed E-state index contributed by atoms with van der Waals surface area (Å²) in [4.78, 5) is 10.7. The van der Waals surface area contributed by atoms with E-state index in [1.807, 2.05) is 42.5 Å². The van der Waals surface area contributed by atoms with Crippen LogP contribution in [-0.2, 0) is 10.0 Å². The summed E-state index contributed by atoms with van der Waals surface area (Å²) in [5, 5.41) is 0.722. The lowest BCUT2D eigenvalue weighted by molar-refractivity contribution is 0.312. The van der Waals surface area contributed by atoms with E-state index in [1.54, 1.807) is 19.4 Å². The van der Waals surface area contributed by atoms with Crippen LogP contribution in [0.15, 0.2) is 65.3 Å². The first-order chi connectivity index (χ1) is 13.6. The van der Waals surface area contributed by atoms with E-state index >= 15 is 0 Å². The molecule has 0 aliphatic carbocycles. The van der Waals surface area contributed by atoms with Gasteiger partial charge < -0.3 is 4.90 Å². The Hall–Kier alpha value is -2.29. The minimum absolute atomic E-state index is 0.00892. The van der Waals surface area contributed by atoms with Gasteiger partial charge in [0.15, 0.2) is 4.21 Å². The van der Waals surface area contributed by atoms with Crippen LogP contribution in [0.2, 0.25) is 0 Å². The Morgan fingerprint density at radius 1 is 1.07 bits per heavy atom. The normalized spacial score (nSPS) is 15.9. The molecular formula is C20H22N4O2S2. The molecular weight excluding hydrogens is 392 g/mol. The number of pyridine rings is 1. The molecule has 146 valence electrons. The summed E-state index contributed by atoms with van der Waals surface area (Å²) < 4.78 is 28.0. The lowest BCUT2D eigenvalue weighted by Crippen LogP contribution is -2.45. The van der Waals surface area contributed by atoms with Crippen LogP contribution in [0.1, 0.15) is 12.8 Å². The molecule has 1 aromatic carbocycles. The quantitative estimate of drug-likeness (QED) is 0.639. The molecule has 0 amide bonds. The summed E-state index contributed by atoms with van der Waals surface area (Å²) in [5.41, 5.74) is 2.07. The molecule has 1 aliphatic rings. The maximum atomic E-state index is 13.1. The highest BCUT2D eigenvalue weighted by atomic mass is 32.2. The number of nitrogens with zero attached hydrogens (tertiary/aromatic N) is 4. The topological polar surface area (TPSA) is 66.4 Å². The molecule has 0 N–H and O–H groups in total. The minimum Gasteiger partial charge on any atom is -0.371 e. The van der Waals surface area contributed by atoms with Gasteiger partial charge in [-0.1, -0.05) is 30.3 Å². The first-order valence-corrected chi connectivity index (χ1v) is 11.5. The van der Waals surface area contributed by atoms with Gasteiger partial charge in [-0.25, -0.2) is 13.4 Å². The van der Waals surface area contributed by atoms with Crippen LogP contribution in [0.4, 0.5) is 5.69 Å². The minimum atomic E-state index is -3.55. The zero-order valence-electron chi connectivity index (χ0n) is 15.6. The Morgan fingerprint density at radius 3 is 2.43 bits per heavy atom. The molecule has 0 spiro atoms. The number of piperidine rings is 1. The van der Waals surface area contributed by atoms with Crippen LogP contribution >= 0.6 is 11.3 Å². The smallest absolute Gasteiger partial charge is 0.254 e. The van der Waals surface area contributed by atoms with E-state index in [0.717, 1.165) is 42.2 Å². The van der Waals surface area contributed by atoms with Gasteiger partial charge in [-0.3, -0.25) is 4.98 Å². The molecule has 0 radical (unpaired) electrons. The highest BCUT2D eigenvalue weighted by Crippen LogP contribution is 2.31. The molecule has 3 heterocycles. The van der Waals surface area contributed by atoms with Gasteiger partial charge in [0, 0.05) is 49.8 Å². The van der Waals surface area contributed by atoms with E-state index in [0.29, 0.717) is 4.21 Å². The number of benzene rings is 1. The Balaban J connectivity index is 1.46. The third-order valence-electron chi connectivity index (χ3n) is 5.15. The lowest BCUT2D eigenvalue weighted by atomic mass is 10.0. The van der Waals surface area contributed by atoms with Gasteiger partial charge >= 0.3 is 0 Å². The van der Waals surface area contributed by atoms with E-state index in [1.165, 1.54) is 21.8 Å². The van der Waals surface area contributed by atoms with Crippen LogP contribution < -0.4 is 4.90 Å². The fourth-order valence-corrected chi connectivity index (χ4v) is 6.21. The first-order valence-electron chi connectivity index (χ1n) is 9.20. The van der Waals surface area contributed by atoms with Gasteiger partial charge in [0.25, 0.3) is 10.0 Å². The first kappa shape index (κ1) is 19.0. The van der Waals surface area contributed by atoms with Gasteiger partial charge in [0.1, 0.15) is 5.01 Å². The van der Waals surface area contributed by atoms with Gasteiger partial charge in [-0.05, 0) is 25.0 Å². The van der Waals surface area contributed by atoms with Crippen molar-refractivity contribution >= 4 is 27.0 Å². The molecule has 6 nitrogen and oxygen atoms in total. The fourth-order valence-electron chi connectivity index (χ4n) is 3.47. The van der Waals surface area contributed by atoms with Gasteiger partial charge in [-0.15, -0.1) is 11.3 Å². The van der Waals surface area contributed by atoms with Gasteiger partial charge in [0.2, 0.25) is 0 Å². The molecule has 0 bridgehead atoms. The van der Waals surface area contributed by atoms with Crippen molar-refractivity contribution in [2.75, 3.05) is 25.0 Å². The van der Waals surface area contributed by atoms with Crippen molar-refractivity contribution in [1.82, 2.24) is 14.3 Å². The van der Waals surface area contributed by atoms with Crippen molar-refractivity contribution in [1.29, 1.82) is 0 Å². The predicted molar refractivity (Wildman–Crippen MR) is 112 cm³/mol. The molecule has 3 aromatic rings. The van der Waals surface area contributed by atoms with E-state index in [9.17, 15) is 8.42 Å². The largest absolute Gasteiger partial charge is 0.371 e. The summed E-state index contributed by atoms with van der Waals surface area (Å²) >= 11 is 1.22. The second-order valence-corrected chi connectivity index (χ2v) is 10.1. The second kappa shape index (κ2) is 7.98.